The molecule has 0 aliphatic carbocycles. The molecule has 0 spiro atoms. The second kappa shape index (κ2) is 9.69. The van der Waals surface area contributed by atoms with Crippen molar-refractivity contribution in [2.24, 2.45) is 5.73 Å². The van der Waals surface area contributed by atoms with Crippen LogP contribution in [0.25, 0.3) is 0 Å². The Morgan fingerprint density at radius 3 is 2.26 bits per heavy atom. The number of carbonyl (C=O) groups is 1. The Morgan fingerprint density at radius 1 is 0.912 bits per heavy atom. The van der Waals surface area contributed by atoms with Gasteiger partial charge in [-0.1, -0.05) is 39.0 Å². The maximum Gasteiger partial charge on any atom is 0.252 e. The quantitative estimate of drug-likeness (QED) is 0.510. The lowest BCUT2D eigenvalue weighted by atomic mass is 9.85. The number of benzene rings is 1. The molecule has 4 N–H and O–H groups in total. The molecule has 1 aromatic carbocycles. The Bertz CT molecular complexity index is 1150. The van der Waals surface area contributed by atoms with Gasteiger partial charge < -0.3 is 26.2 Å². The predicted octanol–water partition coefficient (Wildman–Crippen LogP) is 4.11. The van der Waals surface area contributed by atoms with Crippen LogP contribution in [0.2, 0.25) is 0 Å². The van der Waals surface area contributed by atoms with Crippen LogP contribution in [-0.2, 0) is 5.41 Å². The number of carbonyl (C=O) groups excluding carboxylic acids is 1. The van der Waals surface area contributed by atoms with Gasteiger partial charge in [0.25, 0.3) is 5.91 Å². The van der Waals surface area contributed by atoms with Crippen LogP contribution >= 0.6 is 0 Å². The molecule has 4 rings (SSSR count). The number of primary amides is 1. The van der Waals surface area contributed by atoms with Crippen molar-refractivity contribution in [3.8, 4) is 0 Å². The van der Waals surface area contributed by atoms with Crippen molar-refractivity contribution < 1.29 is 4.79 Å². The zero-order valence-electron chi connectivity index (χ0n) is 20.3. The number of pyridine rings is 2. The minimum atomic E-state index is -0.538. The fourth-order valence-corrected chi connectivity index (χ4v) is 4.06. The van der Waals surface area contributed by atoms with Crippen molar-refractivity contribution >= 4 is 34.6 Å². The van der Waals surface area contributed by atoms with E-state index in [0.717, 1.165) is 43.1 Å². The Morgan fingerprint density at radius 2 is 1.62 bits per heavy atom. The first-order valence-corrected chi connectivity index (χ1v) is 11.5. The number of hydrogen-bond donors (Lipinski definition) is 3. The van der Waals surface area contributed by atoms with Crippen LogP contribution in [-0.4, -0.2) is 54.0 Å². The number of anilines is 5. The molecule has 8 heteroatoms. The number of likely N-dealkylation sites (N-methyl/N-ethyl adjacent to an activating group) is 1. The summed E-state index contributed by atoms with van der Waals surface area (Å²) in [7, 11) is 2.14. The van der Waals surface area contributed by atoms with E-state index in [1.807, 2.05) is 30.5 Å². The summed E-state index contributed by atoms with van der Waals surface area (Å²) in [4.78, 5) is 25.7. The molecule has 2 aromatic heterocycles. The molecule has 34 heavy (non-hydrogen) atoms. The molecule has 1 saturated heterocycles. The average Bonchev–Trinajstić information content (AvgIpc) is 2.80. The normalized spacial score (nSPS) is 14.6. The van der Waals surface area contributed by atoms with E-state index in [9.17, 15) is 4.79 Å². The standard InChI is InChI=1S/C26H33N7O/c1-26(2,3)20-7-5-6-8-21(20)30-22-15-24(29-17-19(22)25(27)34)31-23-10-9-18(16-28-23)33-13-11-32(4)12-14-33/h5-10,15-17H,11-14H2,1-4H3,(H2,27,34)(H2,28,29,30,31). The minimum Gasteiger partial charge on any atom is -0.368 e. The van der Waals surface area contributed by atoms with Crippen molar-refractivity contribution in [2.75, 3.05) is 48.8 Å². The van der Waals surface area contributed by atoms with E-state index in [4.69, 9.17) is 5.73 Å². The van der Waals surface area contributed by atoms with Gasteiger partial charge in [-0.05, 0) is 36.2 Å². The van der Waals surface area contributed by atoms with Gasteiger partial charge in [0.2, 0.25) is 0 Å². The largest absolute Gasteiger partial charge is 0.368 e. The molecule has 3 heterocycles. The first kappa shape index (κ1) is 23.5. The van der Waals surface area contributed by atoms with Crippen LogP contribution in [0, 0.1) is 0 Å². The van der Waals surface area contributed by atoms with E-state index in [1.165, 1.54) is 6.20 Å². The van der Waals surface area contributed by atoms with Crippen molar-refractivity contribution in [1.29, 1.82) is 0 Å². The zero-order valence-corrected chi connectivity index (χ0v) is 20.3. The summed E-state index contributed by atoms with van der Waals surface area (Å²) in [6.45, 7) is 10.5. The molecule has 3 aromatic rings. The fourth-order valence-electron chi connectivity index (χ4n) is 4.06. The lowest BCUT2D eigenvalue weighted by Gasteiger charge is -2.33. The Hall–Kier alpha value is -3.65. The van der Waals surface area contributed by atoms with E-state index in [2.05, 4.69) is 70.4 Å². The van der Waals surface area contributed by atoms with Gasteiger partial charge in [0.05, 0.1) is 23.1 Å². The number of nitrogens with one attached hydrogen (secondary N) is 2. The molecule has 0 atom stereocenters. The zero-order chi connectivity index (χ0) is 24.3. The van der Waals surface area contributed by atoms with Crippen LogP contribution in [0.4, 0.5) is 28.7 Å². The molecule has 1 fully saturated rings. The molecule has 1 aliphatic heterocycles. The van der Waals surface area contributed by atoms with E-state index in [-0.39, 0.29) is 5.41 Å². The van der Waals surface area contributed by atoms with Crippen molar-refractivity contribution in [1.82, 2.24) is 14.9 Å². The number of aromatic nitrogens is 2. The summed E-state index contributed by atoms with van der Waals surface area (Å²) in [6.07, 6.45) is 3.37. The van der Waals surface area contributed by atoms with Gasteiger partial charge in [-0.3, -0.25) is 4.79 Å². The SMILES string of the molecule is CN1CCN(c2ccc(Nc3cc(Nc4ccccc4C(C)(C)C)c(C(N)=O)cn3)nc2)CC1. The number of piperazine rings is 1. The van der Waals surface area contributed by atoms with Gasteiger partial charge in [-0.25, -0.2) is 9.97 Å². The molecule has 0 radical (unpaired) electrons. The van der Waals surface area contributed by atoms with Gasteiger partial charge in [0, 0.05) is 44.1 Å². The number of rotatable bonds is 6. The van der Waals surface area contributed by atoms with E-state index < -0.39 is 5.91 Å². The Balaban J connectivity index is 1.55. The van der Waals surface area contributed by atoms with Gasteiger partial charge in [-0.15, -0.1) is 0 Å². The molecular formula is C26H33N7O. The number of nitrogens with zero attached hydrogens (tertiary/aromatic N) is 4. The number of para-hydroxylation sites is 1. The van der Waals surface area contributed by atoms with Gasteiger partial charge >= 0.3 is 0 Å². The van der Waals surface area contributed by atoms with Crippen LogP contribution in [0.5, 0.6) is 0 Å². The second-order valence-corrected chi connectivity index (χ2v) is 9.72. The number of nitrogens with two attached hydrogens (primary N) is 1. The highest BCUT2D eigenvalue weighted by Crippen LogP contribution is 2.33. The van der Waals surface area contributed by atoms with E-state index in [0.29, 0.717) is 22.9 Å². The summed E-state index contributed by atoms with van der Waals surface area (Å²) >= 11 is 0. The van der Waals surface area contributed by atoms with Crippen molar-refractivity contribution in [3.63, 3.8) is 0 Å². The molecule has 0 saturated carbocycles. The molecule has 178 valence electrons. The second-order valence-electron chi connectivity index (χ2n) is 9.72. The molecule has 8 nitrogen and oxygen atoms in total. The van der Waals surface area contributed by atoms with Crippen LogP contribution < -0.4 is 21.3 Å². The third kappa shape index (κ3) is 5.46. The fraction of sp³-hybridized carbons (Fsp3) is 0.346. The van der Waals surface area contributed by atoms with E-state index >= 15 is 0 Å². The highest BCUT2D eigenvalue weighted by Gasteiger charge is 2.19. The first-order chi connectivity index (χ1) is 16.2. The molecule has 0 unspecified atom stereocenters. The molecule has 1 aliphatic rings. The highest BCUT2D eigenvalue weighted by atomic mass is 16.1. The van der Waals surface area contributed by atoms with Crippen molar-refractivity contribution in [3.05, 3.63) is 66.0 Å². The van der Waals surface area contributed by atoms with E-state index in [1.54, 1.807) is 6.07 Å². The van der Waals surface area contributed by atoms with Crippen LogP contribution in [0.1, 0.15) is 36.7 Å². The Labute approximate surface area is 201 Å². The molecular weight excluding hydrogens is 426 g/mol. The maximum atomic E-state index is 12.1. The topological polar surface area (TPSA) is 99.4 Å². The maximum absolute atomic E-state index is 12.1. The number of hydrogen-bond acceptors (Lipinski definition) is 7. The summed E-state index contributed by atoms with van der Waals surface area (Å²) in [6, 6.07) is 13.9. The summed E-state index contributed by atoms with van der Waals surface area (Å²) in [5.41, 5.74) is 9.65. The van der Waals surface area contributed by atoms with Gasteiger partial charge in [0.15, 0.2) is 0 Å². The van der Waals surface area contributed by atoms with Gasteiger partial charge in [0.1, 0.15) is 11.6 Å². The van der Waals surface area contributed by atoms with Crippen LogP contribution in [0.15, 0.2) is 54.9 Å². The van der Waals surface area contributed by atoms with Crippen LogP contribution in [0.3, 0.4) is 0 Å². The smallest absolute Gasteiger partial charge is 0.252 e. The lowest BCUT2D eigenvalue weighted by Crippen LogP contribution is -2.44. The first-order valence-electron chi connectivity index (χ1n) is 11.5. The average molecular weight is 460 g/mol. The Kier molecular flexibility index (Phi) is 6.70. The predicted molar refractivity (Wildman–Crippen MR) is 138 cm³/mol. The molecule has 1 amide bonds. The third-order valence-electron chi connectivity index (χ3n) is 6.05. The third-order valence-corrected chi connectivity index (χ3v) is 6.05. The lowest BCUT2D eigenvalue weighted by molar-refractivity contribution is 0.100. The van der Waals surface area contributed by atoms with Gasteiger partial charge in [-0.2, -0.15) is 0 Å². The summed E-state index contributed by atoms with van der Waals surface area (Å²) < 4.78 is 0. The van der Waals surface area contributed by atoms with Crippen molar-refractivity contribution in [2.45, 2.75) is 26.2 Å². The summed E-state index contributed by atoms with van der Waals surface area (Å²) in [5.74, 6) is 0.711. The monoisotopic (exact) mass is 459 g/mol. The summed E-state index contributed by atoms with van der Waals surface area (Å²) in [5, 5.41) is 6.64. The number of amides is 1. The highest BCUT2D eigenvalue weighted by molar-refractivity contribution is 5.99. The minimum absolute atomic E-state index is 0.0694. The molecule has 0 bridgehead atoms.